The third kappa shape index (κ3) is 4.18. The quantitative estimate of drug-likeness (QED) is 0.556. The Kier molecular flexibility index (Phi) is 5.54. The molecule has 2 nitrogen and oxygen atoms in total. The summed E-state index contributed by atoms with van der Waals surface area (Å²) in [4.78, 5) is 0. The van der Waals surface area contributed by atoms with Crippen LogP contribution in [0.25, 0.3) is 5.57 Å². The summed E-state index contributed by atoms with van der Waals surface area (Å²) in [6.45, 7) is 0. The highest BCUT2D eigenvalue weighted by Crippen LogP contribution is 2.28. The molecule has 1 aromatic carbocycles. The molecule has 0 heterocycles. The van der Waals surface area contributed by atoms with Crippen molar-refractivity contribution in [1.29, 1.82) is 10.5 Å². The Morgan fingerprint density at radius 3 is 2.05 bits per heavy atom. The molecule has 1 aliphatic carbocycles. The zero-order chi connectivity index (χ0) is 15.1. The van der Waals surface area contributed by atoms with Gasteiger partial charge in [0.1, 0.15) is 17.7 Å². The van der Waals surface area contributed by atoms with E-state index in [2.05, 4.69) is 34.7 Å². The number of halogens is 1. The first-order chi connectivity index (χ1) is 10.2. The van der Waals surface area contributed by atoms with Crippen LogP contribution in [0.2, 0.25) is 0 Å². The molecule has 0 atom stereocenters. The lowest BCUT2D eigenvalue weighted by atomic mass is 9.90. The molecule has 0 N–H and O–H groups in total. The summed E-state index contributed by atoms with van der Waals surface area (Å²) < 4.78 is 1.13. The van der Waals surface area contributed by atoms with Gasteiger partial charge in [-0.15, -0.1) is 0 Å². The Bertz CT molecular complexity index is 675. The maximum absolute atomic E-state index is 9.22. The van der Waals surface area contributed by atoms with Gasteiger partial charge in [-0.3, -0.25) is 0 Å². The predicted octanol–water partition coefficient (Wildman–Crippen LogP) is 4.78. The average Bonchev–Trinajstić information content (AvgIpc) is 2.77. The Balaban J connectivity index is 2.39. The molecule has 0 saturated carbocycles. The first kappa shape index (κ1) is 15.3. The van der Waals surface area contributed by atoms with Gasteiger partial charge >= 0.3 is 0 Å². The third-order valence-corrected chi connectivity index (χ3v) is 3.93. The summed E-state index contributed by atoms with van der Waals surface area (Å²) in [6.07, 6.45) is 12.7. The van der Waals surface area contributed by atoms with Crippen molar-refractivity contribution in [2.24, 2.45) is 5.92 Å². The Morgan fingerprint density at radius 2 is 1.52 bits per heavy atom. The highest BCUT2D eigenvalue weighted by Gasteiger charge is 2.13. The van der Waals surface area contributed by atoms with Gasteiger partial charge in [-0.05, 0) is 58.2 Å². The van der Waals surface area contributed by atoms with E-state index in [1.54, 1.807) is 0 Å². The van der Waals surface area contributed by atoms with Gasteiger partial charge in [0.05, 0.1) is 0 Å². The van der Waals surface area contributed by atoms with Gasteiger partial charge in [0.15, 0.2) is 0 Å². The van der Waals surface area contributed by atoms with Crippen molar-refractivity contribution in [1.82, 2.24) is 0 Å². The van der Waals surface area contributed by atoms with Crippen LogP contribution in [0.5, 0.6) is 0 Å². The number of nitriles is 2. The Morgan fingerprint density at radius 1 is 0.952 bits per heavy atom. The van der Waals surface area contributed by atoms with Gasteiger partial charge in [0.25, 0.3) is 0 Å². The summed E-state index contributed by atoms with van der Waals surface area (Å²) in [5, 5.41) is 18.4. The number of allylic oxidation sites excluding steroid dienone is 8. The largest absolute Gasteiger partial charge is 0.192 e. The fourth-order valence-electron chi connectivity index (χ4n) is 2.15. The maximum Gasteiger partial charge on any atom is 0.133 e. The van der Waals surface area contributed by atoms with E-state index in [-0.39, 0.29) is 11.5 Å². The maximum atomic E-state index is 9.22. The van der Waals surface area contributed by atoms with Gasteiger partial charge in [0, 0.05) is 3.57 Å². The normalized spacial score (nSPS) is 13.3. The molecule has 102 valence electrons. The Labute approximate surface area is 138 Å². The smallest absolute Gasteiger partial charge is 0.133 e. The second-order valence-corrected chi connectivity index (χ2v) is 5.85. The summed E-state index contributed by atoms with van der Waals surface area (Å²) in [5.41, 5.74) is 1.93. The molecule has 1 aliphatic rings. The lowest BCUT2D eigenvalue weighted by molar-refractivity contribution is 0.845. The van der Waals surface area contributed by atoms with Crippen molar-refractivity contribution in [3.8, 4) is 12.1 Å². The minimum Gasteiger partial charge on any atom is -0.192 e. The molecule has 0 aromatic heterocycles. The minimum absolute atomic E-state index is 0.186. The van der Waals surface area contributed by atoms with Gasteiger partial charge in [0.2, 0.25) is 0 Å². The molecule has 0 saturated heterocycles. The second kappa shape index (κ2) is 7.61. The first-order valence-corrected chi connectivity index (χ1v) is 7.63. The predicted molar refractivity (Wildman–Crippen MR) is 92.8 cm³/mol. The van der Waals surface area contributed by atoms with Crippen molar-refractivity contribution in [2.75, 3.05) is 0 Å². The summed E-state index contributed by atoms with van der Waals surface area (Å²) in [5.74, 6) is 0.186. The van der Waals surface area contributed by atoms with Crippen LogP contribution in [0.1, 0.15) is 12.0 Å². The minimum atomic E-state index is 0.186. The van der Waals surface area contributed by atoms with Crippen LogP contribution >= 0.6 is 22.6 Å². The van der Waals surface area contributed by atoms with E-state index < -0.39 is 0 Å². The second-order valence-electron chi connectivity index (χ2n) is 4.61. The molecular weight excluding hydrogens is 371 g/mol. The molecule has 3 heteroatoms. The molecular formula is C18H13IN2. The number of hydrogen-bond acceptors (Lipinski definition) is 2. The van der Waals surface area contributed by atoms with Crippen LogP contribution in [-0.4, -0.2) is 0 Å². The van der Waals surface area contributed by atoms with Crippen LogP contribution in [-0.2, 0) is 0 Å². The molecule has 0 aliphatic heterocycles. The zero-order valence-electron chi connectivity index (χ0n) is 11.3. The zero-order valence-corrected chi connectivity index (χ0v) is 13.5. The third-order valence-electron chi connectivity index (χ3n) is 3.21. The van der Waals surface area contributed by atoms with Crippen LogP contribution in [0, 0.1) is 32.2 Å². The van der Waals surface area contributed by atoms with Gasteiger partial charge in [-0.25, -0.2) is 0 Å². The fraction of sp³-hybridized carbons (Fsp3) is 0.111. The molecule has 21 heavy (non-hydrogen) atoms. The van der Waals surface area contributed by atoms with Crippen LogP contribution in [0.4, 0.5) is 0 Å². The lowest BCUT2D eigenvalue weighted by Crippen LogP contribution is -1.98. The van der Waals surface area contributed by atoms with E-state index >= 15 is 0 Å². The molecule has 0 fully saturated rings. The van der Waals surface area contributed by atoms with Crippen molar-refractivity contribution >= 4 is 28.2 Å². The highest BCUT2D eigenvalue weighted by atomic mass is 127. The van der Waals surface area contributed by atoms with Crippen molar-refractivity contribution in [2.45, 2.75) is 6.42 Å². The molecule has 0 unspecified atom stereocenters. The van der Waals surface area contributed by atoms with Crippen LogP contribution in [0.3, 0.4) is 0 Å². The standard InChI is InChI=1S/C18H13IN2/c19-17-9-7-15(8-10-17)18(16(12-20)13-21)11-14-5-3-1-2-4-6-14/h1-10,14H,11H2. The van der Waals surface area contributed by atoms with E-state index in [1.165, 1.54) is 0 Å². The summed E-state index contributed by atoms with van der Waals surface area (Å²) >= 11 is 2.24. The number of hydrogen-bond donors (Lipinski definition) is 0. The molecule has 0 radical (unpaired) electrons. The van der Waals surface area contributed by atoms with Crippen molar-refractivity contribution in [3.63, 3.8) is 0 Å². The van der Waals surface area contributed by atoms with Gasteiger partial charge < -0.3 is 0 Å². The monoisotopic (exact) mass is 384 g/mol. The van der Waals surface area contributed by atoms with Gasteiger partial charge in [-0.1, -0.05) is 48.6 Å². The molecule has 0 amide bonds. The van der Waals surface area contributed by atoms with Crippen LogP contribution in [0.15, 0.2) is 66.3 Å². The average molecular weight is 384 g/mol. The number of rotatable bonds is 3. The van der Waals surface area contributed by atoms with E-state index in [9.17, 15) is 10.5 Å². The summed E-state index contributed by atoms with van der Waals surface area (Å²) in [6, 6.07) is 12.0. The Hall–Kier alpha value is -2.11. The fourth-order valence-corrected chi connectivity index (χ4v) is 2.51. The number of nitrogens with zero attached hydrogens (tertiary/aromatic N) is 2. The first-order valence-electron chi connectivity index (χ1n) is 6.55. The van der Waals surface area contributed by atoms with Gasteiger partial charge in [-0.2, -0.15) is 10.5 Å². The summed E-state index contributed by atoms with van der Waals surface area (Å²) in [7, 11) is 0. The van der Waals surface area contributed by atoms with E-state index in [1.807, 2.05) is 60.7 Å². The van der Waals surface area contributed by atoms with E-state index in [4.69, 9.17) is 0 Å². The van der Waals surface area contributed by atoms with Crippen molar-refractivity contribution < 1.29 is 0 Å². The highest BCUT2D eigenvalue weighted by molar-refractivity contribution is 14.1. The molecule has 2 rings (SSSR count). The lowest BCUT2D eigenvalue weighted by Gasteiger charge is -2.12. The van der Waals surface area contributed by atoms with Crippen LogP contribution < -0.4 is 0 Å². The van der Waals surface area contributed by atoms with E-state index in [0.717, 1.165) is 14.7 Å². The molecule has 0 spiro atoms. The molecule has 0 bridgehead atoms. The number of benzene rings is 1. The molecule has 1 aromatic rings. The van der Waals surface area contributed by atoms with Crippen molar-refractivity contribution in [3.05, 3.63) is 75.4 Å². The topological polar surface area (TPSA) is 47.6 Å². The van der Waals surface area contributed by atoms with E-state index in [0.29, 0.717) is 6.42 Å². The SMILES string of the molecule is N#CC(C#N)=C(CC1C=CC=CC=C1)c1ccc(I)cc1.